The highest BCUT2D eigenvalue weighted by Gasteiger charge is 2.44. The fraction of sp³-hybridized carbons (Fsp3) is 0.308. The van der Waals surface area contributed by atoms with Crippen LogP contribution in [0.1, 0.15) is 29.0 Å². The normalized spacial score (nSPS) is 22.2. The lowest BCUT2D eigenvalue weighted by Gasteiger charge is -2.35. The minimum Gasteiger partial charge on any atom is -0.396 e. The van der Waals surface area contributed by atoms with E-state index in [0.29, 0.717) is 5.92 Å². The van der Waals surface area contributed by atoms with Crippen LogP contribution in [0.3, 0.4) is 0 Å². The Hall–Kier alpha value is -2.46. The summed E-state index contributed by atoms with van der Waals surface area (Å²) in [6.07, 6.45) is 0.749. The summed E-state index contributed by atoms with van der Waals surface area (Å²) < 4.78 is 0. The van der Waals surface area contributed by atoms with Crippen molar-refractivity contribution in [2.24, 2.45) is 11.7 Å². The van der Waals surface area contributed by atoms with Crippen molar-refractivity contribution in [2.45, 2.75) is 31.0 Å². The lowest BCUT2D eigenvalue weighted by atomic mass is 9.80. The maximum Gasteiger partial charge on any atom is 0.0434 e. The summed E-state index contributed by atoms with van der Waals surface area (Å²) >= 11 is 0. The molecule has 1 fully saturated rings. The van der Waals surface area contributed by atoms with Gasteiger partial charge in [-0.1, -0.05) is 91.0 Å². The molecule has 0 spiro atoms. The molecule has 0 amide bonds. The number of benzene rings is 3. The molecule has 3 nitrogen and oxygen atoms in total. The molecule has 3 aromatic rings. The lowest BCUT2D eigenvalue weighted by molar-refractivity contribution is 0.215. The Morgan fingerprint density at radius 1 is 0.828 bits per heavy atom. The molecule has 0 radical (unpaired) electrons. The van der Waals surface area contributed by atoms with Crippen molar-refractivity contribution in [1.82, 2.24) is 4.90 Å². The van der Waals surface area contributed by atoms with Gasteiger partial charge >= 0.3 is 0 Å². The molecule has 3 aromatic carbocycles. The summed E-state index contributed by atoms with van der Waals surface area (Å²) in [5.74, 6) is 0.489. The van der Waals surface area contributed by atoms with E-state index in [1.54, 1.807) is 0 Å². The molecular formula is C26H30N2O. The maximum absolute atomic E-state index is 9.61. The van der Waals surface area contributed by atoms with Crippen molar-refractivity contribution in [2.75, 3.05) is 13.2 Å². The second kappa shape index (κ2) is 9.36. The summed E-state index contributed by atoms with van der Waals surface area (Å²) in [4.78, 5) is 2.53. The monoisotopic (exact) mass is 386 g/mol. The Bertz CT molecular complexity index is 829. The first kappa shape index (κ1) is 19.8. The van der Waals surface area contributed by atoms with E-state index < -0.39 is 0 Å². The van der Waals surface area contributed by atoms with Gasteiger partial charge in [0.25, 0.3) is 0 Å². The molecular weight excluding hydrogens is 356 g/mol. The standard InChI is InChI=1S/C26H30N2O/c27-25-23(16-17-29)19-28(18-20-10-4-1-5-11-20)26(25)24(21-12-6-2-7-13-21)22-14-8-3-9-15-22/h1-15,23-26,29H,16-19,27H2/t23-,25-,26+/m1/s1. The lowest BCUT2D eigenvalue weighted by Crippen LogP contribution is -2.45. The van der Waals surface area contributed by atoms with Crippen LogP contribution in [-0.4, -0.2) is 35.2 Å². The average Bonchev–Trinajstić information content (AvgIpc) is 3.06. The van der Waals surface area contributed by atoms with Crippen LogP contribution < -0.4 is 5.73 Å². The molecule has 1 aliphatic heterocycles. The molecule has 0 unspecified atom stereocenters. The number of aliphatic hydroxyl groups is 1. The average molecular weight is 387 g/mol. The second-order valence-electron chi connectivity index (χ2n) is 8.05. The van der Waals surface area contributed by atoms with Gasteiger partial charge in [-0.2, -0.15) is 0 Å². The number of nitrogens with zero attached hydrogens (tertiary/aromatic N) is 1. The van der Waals surface area contributed by atoms with Crippen molar-refractivity contribution < 1.29 is 5.11 Å². The van der Waals surface area contributed by atoms with Crippen LogP contribution in [0.2, 0.25) is 0 Å². The number of rotatable bonds is 7. The predicted molar refractivity (Wildman–Crippen MR) is 119 cm³/mol. The van der Waals surface area contributed by atoms with Crippen molar-refractivity contribution in [3.05, 3.63) is 108 Å². The maximum atomic E-state index is 9.61. The summed E-state index contributed by atoms with van der Waals surface area (Å²) in [5.41, 5.74) is 10.8. The summed E-state index contributed by atoms with van der Waals surface area (Å²) in [7, 11) is 0. The third-order valence-electron chi connectivity index (χ3n) is 6.22. The Kier molecular flexibility index (Phi) is 6.40. The van der Waals surface area contributed by atoms with Crippen molar-refractivity contribution >= 4 is 0 Å². The Morgan fingerprint density at radius 2 is 1.34 bits per heavy atom. The molecule has 0 aliphatic carbocycles. The highest BCUT2D eigenvalue weighted by atomic mass is 16.3. The number of likely N-dealkylation sites (tertiary alicyclic amines) is 1. The summed E-state index contributed by atoms with van der Waals surface area (Å²) in [6, 6.07) is 32.2. The number of hydrogen-bond donors (Lipinski definition) is 2. The van der Waals surface area contributed by atoms with E-state index in [4.69, 9.17) is 5.73 Å². The van der Waals surface area contributed by atoms with Crippen LogP contribution in [0.25, 0.3) is 0 Å². The van der Waals surface area contributed by atoms with Crippen LogP contribution in [-0.2, 0) is 6.54 Å². The first-order valence-corrected chi connectivity index (χ1v) is 10.5. The van der Waals surface area contributed by atoms with E-state index in [1.807, 2.05) is 0 Å². The molecule has 0 aromatic heterocycles. The molecule has 3 atom stereocenters. The Balaban J connectivity index is 1.74. The Morgan fingerprint density at radius 3 is 1.86 bits per heavy atom. The van der Waals surface area contributed by atoms with Gasteiger partial charge in [0.05, 0.1) is 0 Å². The predicted octanol–water partition coefficient (Wildman–Crippen LogP) is 4.03. The van der Waals surface area contributed by atoms with Crippen LogP contribution in [0, 0.1) is 5.92 Å². The largest absolute Gasteiger partial charge is 0.396 e. The van der Waals surface area contributed by atoms with E-state index in [-0.39, 0.29) is 24.6 Å². The van der Waals surface area contributed by atoms with Crippen molar-refractivity contribution in [3.63, 3.8) is 0 Å². The van der Waals surface area contributed by atoms with Gasteiger partial charge in [0.1, 0.15) is 0 Å². The van der Waals surface area contributed by atoms with E-state index in [2.05, 4.69) is 95.9 Å². The molecule has 150 valence electrons. The zero-order chi connectivity index (χ0) is 20.1. The van der Waals surface area contributed by atoms with Gasteiger partial charge in [0.15, 0.2) is 0 Å². The molecule has 1 saturated heterocycles. The third-order valence-corrected chi connectivity index (χ3v) is 6.22. The number of hydrogen-bond acceptors (Lipinski definition) is 3. The van der Waals surface area contributed by atoms with Gasteiger partial charge in [-0.3, -0.25) is 4.90 Å². The number of nitrogens with two attached hydrogens (primary N) is 1. The highest BCUT2D eigenvalue weighted by Crippen LogP contribution is 2.39. The van der Waals surface area contributed by atoms with E-state index in [0.717, 1.165) is 19.5 Å². The van der Waals surface area contributed by atoms with Gasteiger partial charge in [0, 0.05) is 37.7 Å². The minimum atomic E-state index is 0.0104. The minimum absolute atomic E-state index is 0.0104. The first-order chi connectivity index (χ1) is 14.3. The zero-order valence-electron chi connectivity index (χ0n) is 16.8. The smallest absolute Gasteiger partial charge is 0.0434 e. The SMILES string of the molecule is N[C@@H]1[C@H](CCO)CN(Cc2ccccc2)[C@H]1C(c1ccccc1)c1ccccc1. The fourth-order valence-corrected chi connectivity index (χ4v) is 4.84. The van der Waals surface area contributed by atoms with Crippen molar-refractivity contribution in [1.29, 1.82) is 0 Å². The second-order valence-corrected chi connectivity index (χ2v) is 8.05. The van der Waals surface area contributed by atoms with Gasteiger partial charge in [-0.05, 0) is 29.0 Å². The molecule has 1 heterocycles. The zero-order valence-corrected chi connectivity index (χ0v) is 16.8. The van der Waals surface area contributed by atoms with Gasteiger partial charge < -0.3 is 10.8 Å². The quantitative estimate of drug-likeness (QED) is 0.645. The molecule has 1 aliphatic rings. The van der Waals surface area contributed by atoms with Crippen LogP contribution in [0.15, 0.2) is 91.0 Å². The van der Waals surface area contributed by atoms with Gasteiger partial charge in [-0.15, -0.1) is 0 Å². The van der Waals surface area contributed by atoms with Crippen molar-refractivity contribution in [3.8, 4) is 0 Å². The van der Waals surface area contributed by atoms with Crippen LogP contribution >= 0.6 is 0 Å². The molecule has 3 heteroatoms. The fourth-order valence-electron chi connectivity index (χ4n) is 4.84. The molecule has 4 rings (SSSR count). The van der Waals surface area contributed by atoms with Crippen LogP contribution in [0.5, 0.6) is 0 Å². The van der Waals surface area contributed by atoms with E-state index in [9.17, 15) is 5.11 Å². The summed E-state index contributed by atoms with van der Waals surface area (Å²) in [5, 5.41) is 9.61. The summed E-state index contributed by atoms with van der Waals surface area (Å²) in [6.45, 7) is 1.97. The molecule has 0 bridgehead atoms. The number of aliphatic hydroxyl groups excluding tert-OH is 1. The van der Waals surface area contributed by atoms with E-state index >= 15 is 0 Å². The third kappa shape index (κ3) is 4.43. The van der Waals surface area contributed by atoms with Gasteiger partial charge in [-0.25, -0.2) is 0 Å². The van der Waals surface area contributed by atoms with Crippen LogP contribution in [0.4, 0.5) is 0 Å². The molecule has 29 heavy (non-hydrogen) atoms. The van der Waals surface area contributed by atoms with E-state index in [1.165, 1.54) is 16.7 Å². The first-order valence-electron chi connectivity index (χ1n) is 10.5. The Labute approximate surface area is 173 Å². The molecule has 3 N–H and O–H groups in total. The van der Waals surface area contributed by atoms with Gasteiger partial charge in [0.2, 0.25) is 0 Å². The topological polar surface area (TPSA) is 49.5 Å². The highest BCUT2D eigenvalue weighted by molar-refractivity contribution is 5.36. The molecule has 0 saturated carbocycles.